The van der Waals surface area contributed by atoms with Crippen molar-refractivity contribution in [2.75, 3.05) is 16.8 Å². The lowest BCUT2D eigenvalue weighted by Gasteiger charge is -2.10. The van der Waals surface area contributed by atoms with E-state index >= 15 is 0 Å². The number of H-pyrrole nitrogens is 1. The maximum atomic E-state index is 13.6. The summed E-state index contributed by atoms with van der Waals surface area (Å²) in [6, 6.07) is 14.0. The lowest BCUT2D eigenvalue weighted by molar-refractivity contribution is -0.113. The predicted octanol–water partition coefficient (Wildman–Crippen LogP) is 5.25. The Kier molecular flexibility index (Phi) is 6.61. The summed E-state index contributed by atoms with van der Waals surface area (Å²) in [6.07, 6.45) is 1.87. The molecule has 0 atom stereocenters. The molecule has 0 fully saturated rings. The highest BCUT2D eigenvalue weighted by molar-refractivity contribution is 8.01. The zero-order valence-electron chi connectivity index (χ0n) is 17.9. The van der Waals surface area contributed by atoms with Crippen molar-refractivity contribution in [3.63, 3.8) is 0 Å². The lowest BCUT2D eigenvalue weighted by atomic mass is 10.1. The van der Waals surface area contributed by atoms with E-state index in [0.717, 1.165) is 26.6 Å². The van der Waals surface area contributed by atoms with Crippen LogP contribution in [0.4, 0.5) is 9.52 Å². The van der Waals surface area contributed by atoms with Crippen LogP contribution in [0.25, 0.3) is 28.0 Å². The Balaban J connectivity index is 1.43. The Morgan fingerprint density at radius 3 is 2.74 bits per heavy atom. The molecule has 1 amide bonds. The van der Waals surface area contributed by atoms with E-state index in [1.807, 2.05) is 42.0 Å². The molecule has 12 heteroatoms. The van der Waals surface area contributed by atoms with Gasteiger partial charge in [0.05, 0.1) is 5.75 Å². The van der Waals surface area contributed by atoms with Crippen molar-refractivity contribution in [2.45, 2.75) is 16.4 Å². The molecule has 0 bridgehead atoms. The zero-order chi connectivity index (χ0) is 23.5. The summed E-state index contributed by atoms with van der Waals surface area (Å²) in [7, 11) is 0. The third-order valence-electron chi connectivity index (χ3n) is 4.80. The molecule has 2 aromatic carbocycles. The summed E-state index contributed by atoms with van der Waals surface area (Å²) < 4.78 is 16.2. The van der Waals surface area contributed by atoms with Gasteiger partial charge in [0.2, 0.25) is 11.0 Å². The number of carbonyl (C=O) groups is 1. The number of hydrogen-bond donors (Lipinski definition) is 2. The van der Waals surface area contributed by atoms with Gasteiger partial charge in [-0.2, -0.15) is 0 Å². The largest absolute Gasteiger partial charge is 0.360 e. The van der Waals surface area contributed by atoms with E-state index in [4.69, 9.17) is 0 Å². The first-order valence-corrected chi connectivity index (χ1v) is 13.1. The number of para-hydroxylation sites is 1. The van der Waals surface area contributed by atoms with Crippen molar-refractivity contribution in [1.82, 2.24) is 29.9 Å². The van der Waals surface area contributed by atoms with Gasteiger partial charge in [-0.15, -0.1) is 20.4 Å². The molecule has 0 aliphatic carbocycles. The van der Waals surface area contributed by atoms with Crippen LogP contribution in [0.3, 0.4) is 0 Å². The highest BCUT2D eigenvalue weighted by Crippen LogP contribution is 2.32. The van der Waals surface area contributed by atoms with E-state index in [0.29, 0.717) is 21.8 Å². The van der Waals surface area contributed by atoms with E-state index in [9.17, 15) is 9.18 Å². The fourth-order valence-electron chi connectivity index (χ4n) is 3.34. The molecular weight excluding hydrogens is 493 g/mol. The summed E-state index contributed by atoms with van der Waals surface area (Å²) in [5.74, 6) is 1.02. The van der Waals surface area contributed by atoms with Crippen molar-refractivity contribution >= 4 is 56.8 Å². The molecule has 0 unspecified atom stereocenters. The monoisotopic (exact) mass is 511 g/mol. The van der Waals surface area contributed by atoms with Gasteiger partial charge in [0.15, 0.2) is 15.3 Å². The van der Waals surface area contributed by atoms with Gasteiger partial charge in [-0.05, 0) is 36.1 Å². The maximum Gasteiger partial charge on any atom is 0.236 e. The average molecular weight is 512 g/mol. The first-order valence-electron chi connectivity index (χ1n) is 10.3. The van der Waals surface area contributed by atoms with Gasteiger partial charge in [0.1, 0.15) is 5.82 Å². The number of hydrogen-bond acceptors (Lipinski definition) is 8. The highest BCUT2D eigenvalue weighted by atomic mass is 32.2. The molecule has 2 N–H and O–H groups in total. The molecule has 172 valence electrons. The number of rotatable bonds is 8. The number of nitrogens with zero attached hydrogens (tertiary/aromatic N) is 5. The van der Waals surface area contributed by atoms with Crippen molar-refractivity contribution < 1.29 is 9.18 Å². The Morgan fingerprint density at radius 1 is 1.09 bits per heavy atom. The van der Waals surface area contributed by atoms with Gasteiger partial charge in [0, 0.05) is 28.4 Å². The van der Waals surface area contributed by atoms with Crippen LogP contribution in [0, 0.1) is 5.82 Å². The number of halogens is 1. The molecule has 0 spiro atoms. The summed E-state index contributed by atoms with van der Waals surface area (Å²) >= 11 is 4.15. The van der Waals surface area contributed by atoms with Crippen molar-refractivity contribution in [3.8, 4) is 17.1 Å². The van der Waals surface area contributed by atoms with Crippen LogP contribution in [-0.2, 0) is 4.79 Å². The topological polar surface area (TPSA) is 101 Å². The Labute approximate surface area is 206 Å². The number of thioether (sulfide) groups is 2. The van der Waals surface area contributed by atoms with E-state index in [-0.39, 0.29) is 17.5 Å². The van der Waals surface area contributed by atoms with Crippen LogP contribution in [0.5, 0.6) is 0 Å². The molecule has 0 aliphatic heterocycles. The predicted molar refractivity (Wildman–Crippen MR) is 134 cm³/mol. The second-order valence-corrected chi connectivity index (χ2v) is 10.4. The Bertz CT molecular complexity index is 1440. The van der Waals surface area contributed by atoms with E-state index in [1.165, 1.54) is 35.2 Å². The molecule has 3 heterocycles. The number of aromatic nitrogens is 6. The second-order valence-electron chi connectivity index (χ2n) is 7.01. The van der Waals surface area contributed by atoms with Crippen LogP contribution in [0.15, 0.2) is 64.2 Å². The zero-order valence-corrected chi connectivity index (χ0v) is 20.3. The third kappa shape index (κ3) is 4.69. The Morgan fingerprint density at radius 2 is 1.91 bits per heavy atom. The normalized spacial score (nSPS) is 11.2. The molecular formula is C22H18FN7OS3. The molecule has 0 aliphatic rings. The highest BCUT2D eigenvalue weighted by Gasteiger charge is 2.20. The number of fused-ring (bicyclic) bond motifs is 1. The van der Waals surface area contributed by atoms with Crippen LogP contribution < -0.4 is 5.32 Å². The fraction of sp³-hybridized carbons (Fsp3) is 0.136. The molecule has 34 heavy (non-hydrogen) atoms. The van der Waals surface area contributed by atoms with Gasteiger partial charge in [0.25, 0.3) is 0 Å². The van der Waals surface area contributed by atoms with Gasteiger partial charge in [-0.3, -0.25) is 14.7 Å². The van der Waals surface area contributed by atoms with Gasteiger partial charge < -0.3 is 4.98 Å². The maximum absolute atomic E-state index is 13.6. The number of anilines is 1. The van der Waals surface area contributed by atoms with E-state index in [2.05, 4.69) is 30.7 Å². The van der Waals surface area contributed by atoms with Crippen molar-refractivity contribution in [1.29, 1.82) is 0 Å². The number of aromatic amines is 1. The first kappa shape index (κ1) is 22.6. The smallest absolute Gasteiger partial charge is 0.236 e. The minimum absolute atomic E-state index is 0.100. The second kappa shape index (κ2) is 9.95. The average Bonchev–Trinajstić information content (AvgIpc) is 3.57. The first-order chi connectivity index (χ1) is 16.6. The van der Waals surface area contributed by atoms with Crippen LogP contribution in [0.1, 0.15) is 6.92 Å². The van der Waals surface area contributed by atoms with Crippen molar-refractivity contribution in [3.05, 3.63) is 60.5 Å². The lowest BCUT2D eigenvalue weighted by Crippen LogP contribution is -2.14. The SMILES string of the molecule is CCSc1nnc(NC(=O)CSc2nnc(-c3c[nH]c4ccccc34)n2-c2ccc(F)cc2)s1. The summed E-state index contributed by atoms with van der Waals surface area (Å²) in [5.41, 5.74) is 2.52. The summed E-state index contributed by atoms with van der Waals surface area (Å²) in [5, 5.41) is 21.6. The summed E-state index contributed by atoms with van der Waals surface area (Å²) in [6.45, 7) is 2.03. The van der Waals surface area contributed by atoms with Crippen LogP contribution in [0.2, 0.25) is 0 Å². The molecule has 8 nitrogen and oxygen atoms in total. The molecule has 0 radical (unpaired) electrons. The third-order valence-corrected chi connectivity index (χ3v) is 7.58. The quantitative estimate of drug-likeness (QED) is 0.217. The van der Waals surface area contributed by atoms with Gasteiger partial charge in [-0.1, -0.05) is 60.0 Å². The van der Waals surface area contributed by atoms with Crippen molar-refractivity contribution in [2.24, 2.45) is 0 Å². The van der Waals surface area contributed by atoms with E-state index in [1.54, 1.807) is 23.9 Å². The molecule has 0 saturated carbocycles. The summed E-state index contributed by atoms with van der Waals surface area (Å²) in [4.78, 5) is 15.8. The minimum Gasteiger partial charge on any atom is -0.360 e. The molecule has 3 aromatic heterocycles. The molecule has 5 aromatic rings. The molecule has 5 rings (SSSR count). The number of carbonyl (C=O) groups excluding carboxylic acids is 1. The Hall–Kier alpha value is -3.22. The van der Waals surface area contributed by atoms with Crippen LogP contribution >= 0.6 is 34.9 Å². The van der Waals surface area contributed by atoms with E-state index < -0.39 is 0 Å². The van der Waals surface area contributed by atoms with Gasteiger partial charge in [-0.25, -0.2) is 4.39 Å². The minimum atomic E-state index is -0.336. The standard InChI is InChI=1S/C22H18FN7OS3/c1-2-32-22-29-27-20(34-22)25-18(31)12-33-21-28-26-19(30(21)14-9-7-13(23)8-10-14)16-11-24-17-6-4-3-5-15(16)17/h3-11,24H,2,12H2,1H3,(H,25,27,31). The number of benzene rings is 2. The fourth-order valence-corrected chi connectivity index (χ4v) is 5.76. The van der Waals surface area contributed by atoms with Crippen LogP contribution in [-0.4, -0.2) is 47.4 Å². The van der Waals surface area contributed by atoms with Gasteiger partial charge >= 0.3 is 0 Å². The molecule has 0 saturated heterocycles. The number of nitrogens with one attached hydrogen (secondary N) is 2. The number of amides is 1.